The van der Waals surface area contributed by atoms with Crippen molar-refractivity contribution in [3.05, 3.63) is 30.5 Å². The molecule has 1 aromatic heterocycles. The van der Waals surface area contributed by atoms with Crippen LogP contribution < -0.4 is 10.8 Å². The Morgan fingerprint density at radius 2 is 2.16 bits per heavy atom. The fourth-order valence-corrected chi connectivity index (χ4v) is 2.05. The first-order chi connectivity index (χ1) is 9.01. The van der Waals surface area contributed by atoms with E-state index in [4.69, 9.17) is 13.8 Å². The lowest BCUT2D eigenvalue weighted by Gasteiger charge is -2.15. The van der Waals surface area contributed by atoms with Gasteiger partial charge in [0.15, 0.2) is 11.4 Å². The van der Waals surface area contributed by atoms with Crippen molar-refractivity contribution in [2.45, 2.75) is 19.4 Å². The predicted octanol–water partition coefficient (Wildman–Crippen LogP) is 1.90. The van der Waals surface area contributed by atoms with Crippen molar-refractivity contribution < 1.29 is 13.8 Å². The van der Waals surface area contributed by atoms with Crippen molar-refractivity contribution >= 4 is 29.4 Å². The van der Waals surface area contributed by atoms with Crippen LogP contribution in [-0.4, -0.2) is 24.9 Å². The van der Waals surface area contributed by atoms with Gasteiger partial charge in [-0.15, -0.1) is 0 Å². The van der Waals surface area contributed by atoms with Crippen LogP contribution in [0.2, 0.25) is 0 Å². The summed E-state index contributed by atoms with van der Waals surface area (Å²) >= 11 is 0. The first-order valence-corrected chi connectivity index (χ1v) is 6.12. The zero-order chi connectivity index (χ0) is 13.6. The van der Waals surface area contributed by atoms with Gasteiger partial charge in [-0.05, 0) is 31.4 Å². The highest BCUT2D eigenvalue weighted by Gasteiger charge is 2.42. The molecule has 1 N–H and O–H groups in total. The summed E-state index contributed by atoms with van der Waals surface area (Å²) in [5.41, 5.74) is 1.17. The van der Waals surface area contributed by atoms with E-state index in [1.54, 1.807) is 7.05 Å². The molecule has 1 saturated heterocycles. The molecule has 0 atom stereocenters. The smallest absolute Gasteiger partial charge is 0.534 e. The summed E-state index contributed by atoms with van der Waals surface area (Å²) < 4.78 is 16.7. The Labute approximate surface area is 111 Å². The molecule has 19 heavy (non-hydrogen) atoms. The molecule has 2 aromatic rings. The van der Waals surface area contributed by atoms with Crippen LogP contribution in [0.5, 0.6) is 0 Å². The molecule has 0 bridgehead atoms. The molecular weight excluding hydrogens is 243 g/mol. The maximum Gasteiger partial charge on any atom is 0.563 e. The standard InChI is InChI=1S/C13H15BN2O3/c1-8-13(2,3)19-14(17-8)9-5-6-11-10(7-9)12(15-4)16-18-11/h5-7H,1H2,2-4H3,(H,15,16). The second-order valence-corrected chi connectivity index (χ2v) is 5.04. The van der Waals surface area contributed by atoms with Crippen LogP contribution in [0.1, 0.15) is 13.8 Å². The van der Waals surface area contributed by atoms with Crippen molar-refractivity contribution in [1.82, 2.24) is 5.16 Å². The Bertz CT molecular complexity index is 650. The van der Waals surface area contributed by atoms with Gasteiger partial charge in [0.25, 0.3) is 0 Å². The van der Waals surface area contributed by atoms with E-state index < -0.39 is 12.7 Å². The van der Waals surface area contributed by atoms with Crippen molar-refractivity contribution in [3.63, 3.8) is 0 Å². The molecule has 0 unspecified atom stereocenters. The van der Waals surface area contributed by atoms with Crippen molar-refractivity contribution in [2.24, 2.45) is 0 Å². The highest BCUT2D eigenvalue weighted by Crippen LogP contribution is 2.30. The largest absolute Gasteiger partial charge is 0.563 e. The van der Waals surface area contributed by atoms with Crippen LogP contribution in [-0.2, 0) is 9.31 Å². The minimum absolute atomic E-state index is 0.438. The molecule has 1 aliphatic heterocycles. The Balaban J connectivity index is 2.00. The fraction of sp³-hybridized carbons (Fsp3) is 0.308. The van der Waals surface area contributed by atoms with Crippen molar-refractivity contribution in [3.8, 4) is 0 Å². The second kappa shape index (κ2) is 4.03. The van der Waals surface area contributed by atoms with E-state index in [0.29, 0.717) is 11.6 Å². The molecule has 5 nitrogen and oxygen atoms in total. The molecule has 0 amide bonds. The molecule has 1 fully saturated rings. The van der Waals surface area contributed by atoms with Crippen LogP contribution in [0.4, 0.5) is 5.82 Å². The van der Waals surface area contributed by atoms with E-state index in [-0.39, 0.29) is 0 Å². The average molecular weight is 258 g/mol. The van der Waals surface area contributed by atoms with Crippen LogP contribution in [0.25, 0.3) is 11.0 Å². The maximum absolute atomic E-state index is 5.85. The molecule has 2 heterocycles. The van der Waals surface area contributed by atoms with Crippen LogP contribution in [0.3, 0.4) is 0 Å². The fourth-order valence-electron chi connectivity index (χ4n) is 2.05. The third-order valence-electron chi connectivity index (χ3n) is 3.33. The number of benzene rings is 1. The van der Waals surface area contributed by atoms with Gasteiger partial charge in [-0.2, -0.15) is 0 Å². The van der Waals surface area contributed by atoms with Gasteiger partial charge in [0.2, 0.25) is 0 Å². The maximum atomic E-state index is 5.85. The second-order valence-electron chi connectivity index (χ2n) is 5.04. The molecule has 1 aromatic carbocycles. The van der Waals surface area contributed by atoms with Crippen LogP contribution >= 0.6 is 0 Å². The number of nitrogens with zero attached hydrogens (tertiary/aromatic N) is 1. The minimum atomic E-state index is -0.472. The lowest BCUT2D eigenvalue weighted by atomic mass is 9.79. The molecule has 3 rings (SSSR count). The topological polar surface area (TPSA) is 56.5 Å². The molecular formula is C13H15BN2O3. The zero-order valence-electron chi connectivity index (χ0n) is 11.2. The number of aromatic nitrogens is 1. The van der Waals surface area contributed by atoms with E-state index in [2.05, 4.69) is 17.1 Å². The van der Waals surface area contributed by atoms with Gasteiger partial charge in [0, 0.05) is 7.05 Å². The highest BCUT2D eigenvalue weighted by atomic mass is 16.7. The molecule has 0 saturated carbocycles. The predicted molar refractivity (Wildman–Crippen MR) is 74.3 cm³/mol. The number of rotatable bonds is 2. The zero-order valence-corrected chi connectivity index (χ0v) is 11.2. The lowest BCUT2D eigenvalue weighted by Crippen LogP contribution is -2.34. The van der Waals surface area contributed by atoms with Gasteiger partial charge >= 0.3 is 7.12 Å². The van der Waals surface area contributed by atoms with Gasteiger partial charge < -0.3 is 19.1 Å². The highest BCUT2D eigenvalue weighted by molar-refractivity contribution is 6.62. The first kappa shape index (κ1) is 12.1. The number of hydrogen-bond acceptors (Lipinski definition) is 5. The Morgan fingerprint density at radius 3 is 2.79 bits per heavy atom. The van der Waals surface area contributed by atoms with Gasteiger partial charge in [-0.25, -0.2) is 0 Å². The van der Waals surface area contributed by atoms with Gasteiger partial charge in [-0.3, -0.25) is 0 Å². The lowest BCUT2D eigenvalue weighted by molar-refractivity contribution is 0.173. The summed E-state index contributed by atoms with van der Waals surface area (Å²) in [6.07, 6.45) is 0. The quantitative estimate of drug-likeness (QED) is 0.834. The van der Waals surface area contributed by atoms with E-state index >= 15 is 0 Å². The third kappa shape index (κ3) is 1.88. The van der Waals surface area contributed by atoms with Gasteiger partial charge in [-0.1, -0.05) is 17.8 Å². The monoisotopic (exact) mass is 258 g/mol. The third-order valence-corrected chi connectivity index (χ3v) is 3.33. The minimum Gasteiger partial charge on any atom is -0.534 e. The molecule has 0 spiro atoms. The summed E-state index contributed by atoms with van der Waals surface area (Å²) in [5.74, 6) is 1.34. The molecule has 1 aliphatic rings. The number of anilines is 1. The Hall–Kier alpha value is -1.95. The number of nitrogens with one attached hydrogen (secondary N) is 1. The van der Waals surface area contributed by atoms with E-state index in [1.807, 2.05) is 32.0 Å². The normalized spacial score (nSPS) is 17.8. The number of hydrogen-bond donors (Lipinski definition) is 1. The van der Waals surface area contributed by atoms with Crippen molar-refractivity contribution in [2.75, 3.05) is 12.4 Å². The molecule has 98 valence electrons. The van der Waals surface area contributed by atoms with E-state index in [1.165, 1.54) is 0 Å². The van der Waals surface area contributed by atoms with Crippen LogP contribution in [0.15, 0.2) is 35.1 Å². The van der Waals surface area contributed by atoms with Gasteiger partial charge in [0.05, 0.1) is 11.1 Å². The summed E-state index contributed by atoms with van der Waals surface area (Å²) in [4.78, 5) is 0. The van der Waals surface area contributed by atoms with Crippen LogP contribution in [0, 0.1) is 0 Å². The Kier molecular flexibility index (Phi) is 2.57. The van der Waals surface area contributed by atoms with Gasteiger partial charge in [0.1, 0.15) is 5.60 Å². The SMILES string of the molecule is C=C1OB(c2ccc3onc(NC)c3c2)OC1(C)C. The molecule has 0 radical (unpaired) electrons. The van der Waals surface area contributed by atoms with Crippen molar-refractivity contribution in [1.29, 1.82) is 0 Å². The summed E-state index contributed by atoms with van der Waals surface area (Å²) in [5, 5.41) is 7.83. The summed E-state index contributed by atoms with van der Waals surface area (Å²) in [6, 6.07) is 5.72. The summed E-state index contributed by atoms with van der Waals surface area (Å²) in [7, 11) is 1.36. The molecule has 6 heteroatoms. The molecule has 0 aliphatic carbocycles. The Morgan fingerprint density at radius 1 is 1.37 bits per heavy atom. The summed E-state index contributed by atoms with van der Waals surface area (Å²) in [6.45, 7) is 7.75. The van der Waals surface area contributed by atoms with E-state index in [9.17, 15) is 0 Å². The average Bonchev–Trinajstić information content (AvgIpc) is 2.90. The number of fused-ring (bicyclic) bond motifs is 1. The van der Waals surface area contributed by atoms with E-state index in [0.717, 1.165) is 16.4 Å². The first-order valence-electron chi connectivity index (χ1n) is 6.12.